The van der Waals surface area contributed by atoms with Crippen LogP contribution in [0.25, 0.3) is 0 Å². The molecule has 0 aromatic heterocycles. The number of hydrogen-bond donors (Lipinski definition) is 1. The Morgan fingerprint density at radius 3 is 1.62 bits per heavy atom. The van der Waals surface area contributed by atoms with Gasteiger partial charge >= 0.3 is 12.1 Å². The van der Waals surface area contributed by atoms with E-state index in [1.54, 1.807) is 0 Å². The lowest BCUT2D eigenvalue weighted by atomic mass is 10.1. The maximum atomic E-state index is 11.8. The summed E-state index contributed by atoms with van der Waals surface area (Å²) in [6, 6.07) is 0. The van der Waals surface area contributed by atoms with Gasteiger partial charge in [0.2, 0.25) is 0 Å². The van der Waals surface area contributed by atoms with Gasteiger partial charge in [0.25, 0.3) is 0 Å². The highest BCUT2D eigenvalue weighted by Crippen LogP contribution is 2.14. The molecule has 0 bridgehead atoms. The second-order valence-corrected chi connectivity index (χ2v) is 13.3. The summed E-state index contributed by atoms with van der Waals surface area (Å²) in [5.41, 5.74) is 0. The number of nitrogens with one attached hydrogen (secondary N) is 1. The number of amides is 1. The van der Waals surface area contributed by atoms with Crippen molar-refractivity contribution in [3.8, 4) is 0 Å². The van der Waals surface area contributed by atoms with Gasteiger partial charge in [-0.15, -0.1) is 0 Å². The van der Waals surface area contributed by atoms with Gasteiger partial charge in [-0.3, -0.25) is 4.79 Å². The highest BCUT2D eigenvalue weighted by molar-refractivity contribution is 5.69. The Morgan fingerprint density at radius 1 is 0.574 bits per heavy atom. The maximum absolute atomic E-state index is 11.8. The molecule has 0 saturated carbocycles. The molecular formula is C39H80N2O6. The third kappa shape index (κ3) is 34.3. The summed E-state index contributed by atoms with van der Waals surface area (Å²) in [4.78, 5) is 25.8. The van der Waals surface area contributed by atoms with Crippen LogP contribution in [0, 0.1) is 0 Å². The maximum Gasteiger partial charge on any atom is 0.406 e. The first-order chi connectivity index (χ1) is 23.1. The average Bonchev–Trinajstić information content (AvgIpc) is 3.07. The Morgan fingerprint density at radius 2 is 1.06 bits per heavy atom. The van der Waals surface area contributed by atoms with E-state index in [1.807, 2.05) is 0 Å². The zero-order chi connectivity index (χ0) is 34.5. The third-order valence-electron chi connectivity index (χ3n) is 8.77. The van der Waals surface area contributed by atoms with Crippen molar-refractivity contribution >= 4 is 12.1 Å². The minimum absolute atomic E-state index is 0. The second-order valence-electron chi connectivity index (χ2n) is 13.3. The molecule has 47 heavy (non-hydrogen) atoms. The first-order valence-electron chi connectivity index (χ1n) is 20.0. The van der Waals surface area contributed by atoms with E-state index in [1.165, 1.54) is 84.2 Å². The molecular weight excluding hydrogens is 592 g/mol. The molecule has 0 aliphatic heterocycles. The predicted octanol–water partition coefficient (Wildman–Crippen LogP) is 10.6. The van der Waals surface area contributed by atoms with Crippen LogP contribution in [0.1, 0.15) is 183 Å². The lowest BCUT2D eigenvalue weighted by Crippen LogP contribution is -2.36. The number of ether oxygens (including phenoxy) is 4. The van der Waals surface area contributed by atoms with Crippen molar-refractivity contribution in [1.29, 1.82) is 0 Å². The van der Waals surface area contributed by atoms with Gasteiger partial charge in [-0.25, -0.2) is 4.79 Å². The SMILES string of the molecule is CCCCCCCCOC(CCCCCCN(CCCCCCCC(=O)OCCCC)CCNC(=O)OC)OCCCCCCCC.[HH]. The third-order valence-corrected chi connectivity index (χ3v) is 8.77. The van der Waals surface area contributed by atoms with E-state index in [0.29, 0.717) is 19.6 Å². The normalized spacial score (nSPS) is 11.4. The number of carbonyl (C=O) groups excluding carboxylic acids is 2. The fourth-order valence-electron chi connectivity index (χ4n) is 5.67. The summed E-state index contributed by atoms with van der Waals surface area (Å²) in [7, 11) is 1.40. The zero-order valence-corrected chi connectivity index (χ0v) is 31.6. The molecule has 0 fully saturated rings. The average molecular weight is 673 g/mol. The Balaban J connectivity index is 0. The lowest BCUT2D eigenvalue weighted by Gasteiger charge is -2.22. The number of esters is 1. The molecule has 0 unspecified atom stereocenters. The summed E-state index contributed by atoms with van der Waals surface area (Å²) in [5, 5.41) is 2.83. The summed E-state index contributed by atoms with van der Waals surface area (Å²) in [5.74, 6) is -0.0559. The molecule has 0 aromatic rings. The van der Waals surface area contributed by atoms with Crippen LogP contribution < -0.4 is 5.32 Å². The molecule has 0 heterocycles. The summed E-state index contributed by atoms with van der Waals surface area (Å²) >= 11 is 0. The number of unbranched alkanes of at least 4 members (excludes halogenated alkanes) is 18. The van der Waals surface area contributed by atoms with Crippen LogP contribution in [0.2, 0.25) is 0 Å². The first-order valence-corrected chi connectivity index (χ1v) is 20.0. The molecule has 8 heteroatoms. The number of alkyl carbamates (subject to hydrolysis) is 1. The van der Waals surface area contributed by atoms with Crippen molar-refractivity contribution in [2.45, 2.75) is 188 Å². The van der Waals surface area contributed by atoms with E-state index in [2.05, 4.69) is 31.0 Å². The van der Waals surface area contributed by atoms with Gasteiger partial charge in [-0.2, -0.15) is 0 Å². The monoisotopic (exact) mass is 673 g/mol. The fraction of sp³-hybridized carbons (Fsp3) is 0.949. The summed E-state index contributed by atoms with van der Waals surface area (Å²) < 4.78 is 22.4. The molecule has 0 aliphatic rings. The van der Waals surface area contributed by atoms with Crippen molar-refractivity contribution in [3.05, 3.63) is 0 Å². The molecule has 0 spiro atoms. The van der Waals surface area contributed by atoms with E-state index >= 15 is 0 Å². The zero-order valence-electron chi connectivity index (χ0n) is 31.6. The molecule has 0 atom stereocenters. The van der Waals surface area contributed by atoms with E-state index in [9.17, 15) is 9.59 Å². The van der Waals surface area contributed by atoms with Crippen molar-refractivity contribution in [2.24, 2.45) is 0 Å². The van der Waals surface area contributed by atoms with Crippen LogP contribution in [0.15, 0.2) is 0 Å². The molecule has 8 nitrogen and oxygen atoms in total. The van der Waals surface area contributed by atoms with E-state index in [4.69, 9.17) is 18.9 Å². The van der Waals surface area contributed by atoms with Gasteiger partial charge in [0.15, 0.2) is 6.29 Å². The Bertz CT molecular complexity index is 654. The molecule has 0 radical (unpaired) electrons. The van der Waals surface area contributed by atoms with E-state index in [0.717, 1.165) is 110 Å². The molecule has 0 aromatic carbocycles. The molecule has 0 saturated heterocycles. The van der Waals surface area contributed by atoms with Crippen molar-refractivity contribution in [1.82, 2.24) is 10.2 Å². The highest BCUT2D eigenvalue weighted by Gasteiger charge is 2.11. The largest absolute Gasteiger partial charge is 0.466 e. The predicted molar refractivity (Wildman–Crippen MR) is 198 cm³/mol. The Hall–Kier alpha value is -1.38. The Labute approximate surface area is 292 Å². The van der Waals surface area contributed by atoms with Crippen LogP contribution in [-0.2, 0) is 23.7 Å². The summed E-state index contributed by atoms with van der Waals surface area (Å²) in [6.45, 7) is 12.3. The fourth-order valence-corrected chi connectivity index (χ4v) is 5.67. The quantitative estimate of drug-likeness (QED) is 0.0399. The highest BCUT2D eigenvalue weighted by atomic mass is 16.7. The van der Waals surface area contributed by atoms with Crippen molar-refractivity contribution < 1.29 is 30.0 Å². The topological polar surface area (TPSA) is 86.3 Å². The number of carbonyl (C=O) groups is 2. The van der Waals surface area contributed by atoms with Crippen molar-refractivity contribution in [2.75, 3.05) is 53.1 Å². The van der Waals surface area contributed by atoms with Crippen LogP contribution in [0.4, 0.5) is 4.79 Å². The number of methoxy groups -OCH3 is 1. The van der Waals surface area contributed by atoms with Gasteiger partial charge in [0, 0.05) is 34.2 Å². The molecule has 282 valence electrons. The second kappa shape index (κ2) is 37.4. The molecule has 1 N–H and O–H groups in total. The van der Waals surface area contributed by atoms with Gasteiger partial charge in [-0.05, 0) is 64.5 Å². The minimum atomic E-state index is -0.370. The van der Waals surface area contributed by atoms with Gasteiger partial charge in [-0.1, -0.05) is 124 Å². The van der Waals surface area contributed by atoms with Gasteiger partial charge in [0.05, 0.1) is 13.7 Å². The smallest absolute Gasteiger partial charge is 0.406 e. The van der Waals surface area contributed by atoms with Crippen LogP contribution in [0.5, 0.6) is 0 Å². The van der Waals surface area contributed by atoms with Crippen molar-refractivity contribution in [3.63, 3.8) is 0 Å². The van der Waals surface area contributed by atoms with Gasteiger partial charge in [0.1, 0.15) is 0 Å². The van der Waals surface area contributed by atoms with Crippen LogP contribution in [-0.4, -0.2) is 76.4 Å². The first kappa shape index (κ1) is 45.6. The molecule has 0 rings (SSSR count). The Kier molecular flexibility index (Phi) is 36.3. The molecule has 0 aliphatic carbocycles. The standard InChI is InChI=1S/C39H78N2O6.H2/c1-5-8-11-13-20-26-35-46-38(47-36-27-21-14-12-9-6-2)29-23-17-19-25-32-41(33-30-40-39(43)44-4)31-24-18-15-16-22-28-37(42)45-34-10-7-3;/h38H,5-36H2,1-4H3,(H,40,43);1H. The van der Waals surface area contributed by atoms with E-state index in [-0.39, 0.29) is 19.8 Å². The number of nitrogens with zero attached hydrogens (tertiary/aromatic N) is 1. The number of hydrogen-bond acceptors (Lipinski definition) is 7. The summed E-state index contributed by atoms with van der Waals surface area (Å²) in [6.07, 6.45) is 28.5. The number of rotatable bonds is 37. The lowest BCUT2D eigenvalue weighted by molar-refractivity contribution is -0.148. The van der Waals surface area contributed by atoms with Gasteiger partial charge < -0.3 is 29.2 Å². The van der Waals surface area contributed by atoms with E-state index < -0.39 is 0 Å². The van der Waals surface area contributed by atoms with Crippen LogP contribution in [0.3, 0.4) is 0 Å². The minimum Gasteiger partial charge on any atom is -0.466 e. The molecule has 1 amide bonds. The van der Waals surface area contributed by atoms with Crippen LogP contribution >= 0.6 is 0 Å².